The summed E-state index contributed by atoms with van der Waals surface area (Å²) in [5.74, 6) is -1.14. The first-order chi connectivity index (χ1) is 20.5. The van der Waals surface area contributed by atoms with Crippen LogP contribution in [0.2, 0.25) is 0 Å². The summed E-state index contributed by atoms with van der Waals surface area (Å²) in [6, 6.07) is 7.78. The Labute approximate surface area is 257 Å². The van der Waals surface area contributed by atoms with Crippen molar-refractivity contribution in [3.63, 3.8) is 0 Å². The molecule has 1 aromatic carbocycles. The highest BCUT2D eigenvalue weighted by Crippen LogP contribution is 2.33. The van der Waals surface area contributed by atoms with Crippen molar-refractivity contribution < 1.29 is 38.0 Å². The largest absolute Gasteiger partial charge is 0.493 e. The van der Waals surface area contributed by atoms with Crippen LogP contribution in [0.5, 0.6) is 5.75 Å². The number of methoxy groups -OCH3 is 1. The first-order valence-corrected chi connectivity index (χ1v) is 15.9. The Balaban J connectivity index is 1.35. The Morgan fingerprint density at radius 3 is 2.45 bits per heavy atom. The van der Waals surface area contributed by atoms with Crippen LogP contribution in [0, 0.1) is 11.8 Å². The lowest BCUT2D eigenvalue weighted by molar-refractivity contribution is -0.350. The van der Waals surface area contributed by atoms with Gasteiger partial charge in [0.1, 0.15) is 11.5 Å². The minimum atomic E-state index is -1.70. The van der Waals surface area contributed by atoms with Crippen LogP contribution >= 0.6 is 15.9 Å². The molecule has 3 fully saturated rings. The van der Waals surface area contributed by atoms with E-state index >= 15 is 0 Å². The number of esters is 1. The summed E-state index contributed by atoms with van der Waals surface area (Å²) < 4.78 is 35.8. The Kier molecular flexibility index (Phi) is 13.3. The van der Waals surface area contributed by atoms with Crippen LogP contribution in [-0.4, -0.2) is 57.1 Å². The molecule has 2 unspecified atom stereocenters. The standard InChI is InChI=1S/C33H43BrO8/c1-37-32(36)33(41-30-16-5-9-22-39-30,42-31-17-6-10-23-40-31)20-7-2-3-15-28-25(18-19-29(28)35)12-4-8-21-38-27-14-11-13-26(34)24-27/h3-4,7,11-14,24-25,28,30-31H,5-6,8-10,15-23H2,1H3/b12-4+/t2?,25-,28+,30?,31?,33?/m0/s1. The van der Waals surface area contributed by atoms with Crippen molar-refractivity contribution in [1.29, 1.82) is 0 Å². The predicted molar refractivity (Wildman–Crippen MR) is 161 cm³/mol. The van der Waals surface area contributed by atoms with E-state index in [1.165, 1.54) is 7.11 Å². The maximum atomic E-state index is 13.1. The van der Waals surface area contributed by atoms with E-state index in [0.717, 1.165) is 48.7 Å². The van der Waals surface area contributed by atoms with Gasteiger partial charge in [0, 0.05) is 36.4 Å². The monoisotopic (exact) mass is 646 g/mol. The van der Waals surface area contributed by atoms with Crippen LogP contribution < -0.4 is 4.74 Å². The molecule has 0 spiro atoms. The van der Waals surface area contributed by atoms with Gasteiger partial charge in [0.25, 0.3) is 5.79 Å². The van der Waals surface area contributed by atoms with E-state index in [-0.39, 0.29) is 24.0 Å². The molecular weight excluding hydrogens is 604 g/mol. The summed E-state index contributed by atoms with van der Waals surface area (Å²) in [4.78, 5) is 25.7. The van der Waals surface area contributed by atoms with Crippen LogP contribution in [0.3, 0.4) is 0 Å². The van der Waals surface area contributed by atoms with E-state index in [2.05, 4.69) is 33.8 Å². The van der Waals surface area contributed by atoms with Gasteiger partial charge in [-0.1, -0.05) is 34.1 Å². The lowest BCUT2D eigenvalue weighted by Crippen LogP contribution is -2.51. The Morgan fingerprint density at radius 1 is 1.07 bits per heavy atom. The minimum Gasteiger partial charge on any atom is -0.493 e. The van der Waals surface area contributed by atoms with Gasteiger partial charge < -0.3 is 28.4 Å². The molecule has 2 aliphatic heterocycles. The van der Waals surface area contributed by atoms with Gasteiger partial charge in [-0.05, 0) is 94.1 Å². The molecule has 2 saturated heterocycles. The highest BCUT2D eigenvalue weighted by Gasteiger charge is 2.47. The van der Waals surface area contributed by atoms with Crippen molar-refractivity contribution in [3.8, 4) is 5.75 Å². The van der Waals surface area contributed by atoms with Crippen LogP contribution in [0.4, 0.5) is 0 Å². The fraction of sp³-hybridized carbons (Fsp3) is 0.606. The summed E-state index contributed by atoms with van der Waals surface area (Å²) in [5, 5.41) is 0. The molecule has 2 heterocycles. The van der Waals surface area contributed by atoms with Crippen molar-refractivity contribution in [2.24, 2.45) is 11.8 Å². The number of ketones is 1. The Morgan fingerprint density at radius 2 is 1.81 bits per heavy atom. The molecule has 3 aliphatic rings. The van der Waals surface area contributed by atoms with Crippen LogP contribution in [-0.2, 0) is 33.3 Å². The topological polar surface area (TPSA) is 89.5 Å². The smallest absolute Gasteiger partial charge is 0.367 e. The molecule has 1 aliphatic carbocycles. The third-order valence-electron chi connectivity index (χ3n) is 7.78. The molecule has 0 bridgehead atoms. The van der Waals surface area contributed by atoms with Crippen molar-refractivity contribution in [2.45, 2.75) is 89.0 Å². The van der Waals surface area contributed by atoms with Crippen molar-refractivity contribution in [1.82, 2.24) is 0 Å². The van der Waals surface area contributed by atoms with E-state index in [0.29, 0.717) is 45.5 Å². The quantitative estimate of drug-likeness (QED) is 0.0715. The zero-order chi connectivity index (χ0) is 29.6. The maximum Gasteiger partial charge on any atom is 0.367 e. The third-order valence-corrected chi connectivity index (χ3v) is 8.27. The number of benzene rings is 1. The average Bonchev–Trinajstić information content (AvgIpc) is 3.36. The molecule has 1 aromatic rings. The van der Waals surface area contributed by atoms with E-state index in [4.69, 9.17) is 28.4 Å². The van der Waals surface area contributed by atoms with Crippen LogP contribution in [0.25, 0.3) is 0 Å². The summed E-state index contributed by atoms with van der Waals surface area (Å²) in [5.41, 5.74) is 3.16. The minimum absolute atomic E-state index is 0.0792. The maximum absolute atomic E-state index is 13.1. The van der Waals surface area contributed by atoms with Crippen molar-refractivity contribution in [2.75, 3.05) is 26.9 Å². The summed E-state index contributed by atoms with van der Waals surface area (Å²) in [7, 11) is 1.32. The van der Waals surface area contributed by atoms with Gasteiger partial charge in [-0.15, -0.1) is 5.73 Å². The van der Waals surface area contributed by atoms with Crippen LogP contribution in [0.1, 0.15) is 70.6 Å². The zero-order valence-corrected chi connectivity index (χ0v) is 26.1. The second kappa shape index (κ2) is 17.1. The predicted octanol–water partition coefficient (Wildman–Crippen LogP) is 6.82. The van der Waals surface area contributed by atoms with E-state index < -0.39 is 24.3 Å². The fourth-order valence-electron chi connectivity index (χ4n) is 5.51. The van der Waals surface area contributed by atoms with Crippen LogP contribution in [0.15, 0.2) is 58.8 Å². The molecule has 8 nitrogen and oxygen atoms in total. The van der Waals surface area contributed by atoms with E-state index in [1.54, 1.807) is 6.08 Å². The van der Waals surface area contributed by atoms with E-state index in [9.17, 15) is 9.59 Å². The normalized spacial score (nSPS) is 25.9. The fourth-order valence-corrected chi connectivity index (χ4v) is 5.89. The number of Topliss-reactive ketones (excluding diaryl/α,β-unsaturated/α-hetero) is 1. The van der Waals surface area contributed by atoms with Gasteiger partial charge >= 0.3 is 5.97 Å². The van der Waals surface area contributed by atoms with Crippen molar-refractivity contribution >= 4 is 27.7 Å². The van der Waals surface area contributed by atoms with Gasteiger partial charge in [-0.2, -0.15) is 0 Å². The number of hydrogen-bond donors (Lipinski definition) is 0. The molecule has 0 amide bonds. The van der Waals surface area contributed by atoms with Crippen molar-refractivity contribution in [3.05, 3.63) is 58.8 Å². The first-order valence-electron chi connectivity index (χ1n) is 15.1. The molecule has 0 aromatic heterocycles. The van der Waals surface area contributed by atoms with Gasteiger partial charge in [0.2, 0.25) is 0 Å². The molecule has 0 radical (unpaired) electrons. The first kappa shape index (κ1) is 32.6. The van der Waals surface area contributed by atoms with E-state index in [1.807, 2.05) is 30.3 Å². The average molecular weight is 648 g/mol. The number of carbonyl (C=O) groups excluding carboxylic acids is 2. The molecule has 4 atom stereocenters. The summed E-state index contributed by atoms with van der Waals surface area (Å²) >= 11 is 3.45. The SMILES string of the molecule is COC(=O)C(CC=C=CC[C@H]1C(=O)CC[C@@H]1/C=C/CCOc1cccc(Br)c1)(OC1CCCCO1)OC1CCCCO1. The molecule has 9 heteroatoms. The molecule has 230 valence electrons. The molecule has 0 N–H and O–H groups in total. The molecular formula is C33H43BrO8. The number of carbonyl (C=O) groups is 2. The molecule has 1 saturated carbocycles. The Bertz CT molecular complexity index is 1080. The lowest BCUT2D eigenvalue weighted by Gasteiger charge is -2.38. The number of halogens is 1. The second-order valence-electron chi connectivity index (χ2n) is 10.9. The zero-order valence-electron chi connectivity index (χ0n) is 24.5. The number of ether oxygens (including phenoxy) is 6. The number of allylic oxidation sites excluding steroid dienone is 1. The second-order valence-corrected chi connectivity index (χ2v) is 11.8. The summed E-state index contributed by atoms with van der Waals surface area (Å²) in [6.07, 6.45) is 14.7. The third kappa shape index (κ3) is 9.90. The van der Waals surface area contributed by atoms with Gasteiger partial charge in [-0.25, -0.2) is 4.79 Å². The Hall–Kier alpha value is -2.26. The molecule has 4 rings (SSSR count). The number of rotatable bonds is 14. The highest BCUT2D eigenvalue weighted by molar-refractivity contribution is 9.10. The van der Waals surface area contributed by atoms with Gasteiger partial charge in [0.05, 0.1) is 13.7 Å². The van der Waals surface area contributed by atoms with Gasteiger partial charge in [-0.3, -0.25) is 4.79 Å². The molecule has 42 heavy (non-hydrogen) atoms. The lowest BCUT2D eigenvalue weighted by atomic mass is 9.91. The summed E-state index contributed by atoms with van der Waals surface area (Å²) in [6.45, 7) is 1.71. The van der Waals surface area contributed by atoms with Gasteiger partial charge in [0.15, 0.2) is 12.6 Å². The number of hydrogen-bond acceptors (Lipinski definition) is 8. The highest BCUT2D eigenvalue weighted by atomic mass is 79.9.